The summed E-state index contributed by atoms with van der Waals surface area (Å²) < 4.78 is 1.76. The lowest BCUT2D eigenvalue weighted by atomic mass is 9.96. The van der Waals surface area contributed by atoms with E-state index in [0.29, 0.717) is 5.82 Å². The maximum atomic E-state index is 12.5. The number of hydrogen-bond acceptors (Lipinski definition) is 5. The Morgan fingerprint density at radius 2 is 1.88 bits per heavy atom. The quantitative estimate of drug-likeness (QED) is 0.784. The summed E-state index contributed by atoms with van der Waals surface area (Å²) in [7, 11) is 3.98. The number of likely N-dealkylation sites (tertiary alicyclic amines) is 1. The van der Waals surface area contributed by atoms with Crippen LogP contribution in [0.25, 0.3) is 22.0 Å². The molecule has 1 N–H and O–H groups in total. The zero-order valence-electron chi connectivity index (χ0n) is 15.0. The van der Waals surface area contributed by atoms with Crippen molar-refractivity contribution in [1.82, 2.24) is 24.6 Å². The van der Waals surface area contributed by atoms with Crippen LogP contribution < -0.4 is 5.32 Å². The minimum Gasteiger partial charge on any atom is -0.310 e. The number of pyridine rings is 2. The maximum Gasteiger partial charge on any atom is 0.228 e. The number of nitrogens with zero attached hydrogens (tertiary/aromatic N) is 5. The van der Waals surface area contributed by atoms with Gasteiger partial charge in [0.05, 0.1) is 17.9 Å². The van der Waals surface area contributed by atoms with Crippen LogP contribution in [0.1, 0.15) is 12.8 Å². The Morgan fingerprint density at radius 3 is 2.62 bits per heavy atom. The molecule has 4 rings (SSSR count). The second kappa shape index (κ2) is 6.84. The molecule has 1 saturated heterocycles. The van der Waals surface area contributed by atoms with Gasteiger partial charge in [0.25, 0.3) is 0 Å². The predicted octanol–water partition coefficient (Wildman–Crippen LogP) is 2.31. The molecule has 0 aromatic carbocycles. The molecule has 3 aromatic heterocycles. The number of hydrogen-bond donors (Lipinski definition) is 1. The van der Waals surface area contributed by atoms with Gasteiger partial charge in [-0.2, -0.15) is 5.10 Å². The van der Waals surface area contributed by atoms with Gasteiger partial charge in [0.1, 0.15) is 5.82 Å². The van der Waals surface area contributed by atoms with Gasteiger partial charge in [-0.15, -0.1) is 0 Å². The van der Waals surface area contributed by atoms with E-state index in [-0.39, 0.29) is 11.8 Å². The molecular formula is C19H22N6O. The number of nitrogens with one attached hydrogen (secondary N) is 1. The molecule has 7 heteroatoms. The lowest BCUT2D eigenvalue weighted by molar-refractivity contribution is -0.121. The largest absolute Gasteiger partial charge is 0.310 e. The number of carbonyl (C=O) groups is 1. The fourth-order valence-electron chi connectivity index (χ4n) is 3.33. The number of anilines is 1. The van der Waals surface area contributed by atoms with Crippen LogP contribution in [0.15, 0.2) is 36.9 Å². The fraction of sp³-hybridized carbons (Fsp3) is 0.368. The van der Waals surface area contributed by atoms with Gasteiger partial charge >= 0.3 is 0 Å². The number of amides is 1. The monoisotopic (exact) mass is 350 g/mol. The molecule has 0 spiro atoms. The lowest BCUT2D eigenvalue weighted by Gasteiger charge is -2.27. The van der Waals surface area contributed by atoms with E-state index in [1.165, 1.54) is 0 Å². The Kier molecular flexibility index (Phi) is 4.38. The summed E-state index contributed by atoms with van der Waals surface area (Å²) in [6.07, 6.45) is 9.06. The average molecular weight is 350 g/mol. The molecule has 4 heterocycles. The van der Waals surface area contributed by atoms with Crippen LogP contribution in [0.3, 0.4) is 0 Å². The maximum absolute atomic E-state index is 12.5. The van der Waals surface area contributed by atoms with Crippen molar-refractivity contribution in [3.05, 3.63) is 36.9 Å². The van der Waals surface area contributed by atoms with Crippen molar-refractivity contribution in [2.75, 3.05) is 25.5 Å². The first kappa shape index (κ1) is 16.7. The first-order chi connectivity index (χ1) is 12.6. The lowest BCUT2D eigenvalue weighted by Crippen LogP contribution is -2.36. The van der Waals surface area contributed by atoms with E-state index < -0.39 is 0 Å². The molecule has 26 heavy (non-hydrogen) atoms. The van der Waals surface area contributed by atoms with Crippen molar-refractivity contribution in [2.24, 2.45) is 13.0 Å². The Labute approximate surface area is 152 Å². The van der Waals surface area contributed by atoms with Gasteiger partial charge in [0.2, 0.25) is 5.91 Å². The number of rotatable bonds is 3. The first-order valence-corrected chi connectivity index (χ1v) is 8.83. The average Bonchev–Trinajstić information content (AvgIpc) is 3.08. The Morgan fingerprint density at radius 1 is 1.08 bits per heavy atom. The summed E-state index contributed by atoms with van der Waals surface area (Å²) in [6.45, 7) is 1.92. The van der Waals surface area contributed by atoms with Crippen molar-refractivity contribution in [3.63, 3.8) is 0 Å². The third kappa shape index (κ3) is 3.43. The smallest absolute Gasteiger partial charge is 0.228 e. The molecule has 0 bridgehead atoms. The van der Waals surface area contributed by atoms with Crippen LogP contribution in [-0.2, 0) is 11.8 Å². The third-order valence-corrected chi connectivity index (χ3v) is 4.95. The van der Waals surface area contributed by atoms with Crippen LogP contribution in [0.2, 0.25) is 0 Å². The van der Waals surface area contributed by atoms with Gasteiger partial charge in [-0.3, -0.25) is 14.5 Å². The van der Waals surface area contributed by atoms with Crippen LogP contribution in [0, 0.1) is 5.92 Å². The van der Waals surface area contributed by atoms with Crippen molar-refractivity contribution < 1.29 is 4.79 Å². The summed E-state index contributed by atoms with van der Waals surface area (Å²) in [5.41, 5.74) is 2.80. The van der Waals surface area contributed by atoms with Gasteiger partial charge in [-0.1, -0.05) is 0 Å². The van der Waals surface area contributed by atoms with Gasteiger partial charge in [-0.05, 0) is 45.1 Å². The van der Waals surface area contributed by atoms with Crippen molar-refractivity contribution >= 4 is 22.6 Å². The highest BCUT2D eigenvalue weighted by Gasteiger charge is 2.23. The van der Waals surface area contributed by atoms with E-state index in [1.54, 1.807) is 10.9 Å². The van der Waals surface area contributed by atoms with E-state index in [9.17, 15) is 4.79 Å². The van der Waals surface area contributed by atoms with Crippen LogP contribution >= 0.6 is 0 Å². The minimum absolute atomic E-state index is 0.0568. The zero-order valence-corrected chi connectivity index (χ0v) is 15.0. The second-order valence-electron chi connectivity index (χ2n) is 6.96. The highest BCUT2D eigenvalue weighted by atomic mass is 16.1. The normalized spacial score (nSPS) is 16.1. The molecule has 0 saturated carbocycles. The van der Waals surface area contributed by atoms with E-state index in [0.717, 1.165) is 48.0 Å². The van der Waals surface area contributed by atoms with Crippen molar-refractivity contribution in [1.29, 1.82) is 0 Å². The minimum atomic E-state index is 0.0568. The molecule has 3 aromatic rings. The number of carbonyl (C=O) groups excluding carboxylic acids is 1. The van der Waals surface area contributed by atoms with Gasteiger partial charge in [0, 0.05) is 41.9 Å². The summed E-state index contributed by atoms with van der Waals surface area (Å²) >= 11 is 0. The molecule has 0 radical (unpaired) electrons. The number of piperidine rings is 1. The topological polar surface area (TPSA) is 75.9 Å². The molecule has 0 atom stereocenters. The standard InChI is InChI=1S/C19H22N6O/c1-24-5-3-13(4-6-24)19(26)23-18-8-14-7-15(9-20-17(14)11-21-18)16-10-22-25(2)12-16/h7-13H,3-6H2,1-2H3,(H,21,23,26). The van der Waals surface area contributed by atoms with E-state index >= 15 is 0 Å². The van der Waals surface area contributed by atoms with E-state index in [4.69, 9.17) is 0 Å². The van der Waals surface area contributed by atoms with Gasteiger partial charge < -0.3 is 10.2 Å². The van der Waals surface area contributed by atoms with Crippen LogP contribution in [-0.4, -0.2) is 50.7 Å². The number of aryl methyl sites for hydroxylation is 1. The molecule has 1 amide bonds. The summed E-state index contributed by atoms with van der Waals surface area (Å²) in [4.78, 5) is 23.6. The van der Waals surface area contributed by atoms with Gasteiger partial charge in [0.15, 0.2) is 0 Å². The van der Waals surface area contributed by atoms with Crippen LogP contribution in [0.4, 0.5) is 5.82 Å². The summed E-state index contributed by atoms with van der Waals surface area (Å²) in [5.74, 6) is 0.691. The Hall–Kier alpha value is -2.80. The van der Waals surface area contributed by atoms with Crippen molar-refractivity contribution in [2.45, 2.75) is 12.8 Å². The Balaban J connectivity index is 1.55. The van der Waals surface area contributed by atoms with Crippen molar-refractivity contribution in [3.8, 4) is 11.1 Å². The predicted molar refractivity (Wildman–Crippen MR) is 101 cm³/mol. The second-order valence-corrected chi connectivity index (χ2v) is 6.96. The molecular weight excluding hydrogens is 328 g/mol. The Bertz CT molecular complexity index is 942. The van der Waals surface area contributed by atoms with Gasteiger partial charge in [-0.25, -0.2) is 4.98 Å². The zero-order chi connectivity index (χ0) is 18.1. The van der Waals surface area contributed by atoms with Crippen LogP contribution in [0.5, 0.6) is 0 Å². The highest BCUT2D eigenvalue weighted by Crippen LogP contribution is 2.24. The molecule has 0 unspecified atom stereocenters. The molecule has 1 aliphatic rings. The SMILES string of the molecule is CN1CCC(C(=O)Nc2cc3cc(-c4cnn(C)c4)cnc3cn2)CC1. The van der Waals surface area contributed by atoms with E-state index in [2.05, 4.69) is 32.3 Å². The molecule has 0 aliphatic carbocycles. The summed E-state index contributed by atoms with van der Waals surface area (Å²) in [6, 6.07) is 3.93. The fourth-order valence-corrected chi connectivity index (χ4v) is 3.33. The summed E-state index contributed by atoms with van der Waals surface area (Å²) in [5, 5.41) is 8.12. The van der Waals surface area contributed by atoms with E-state index in [1.807, 2.05) is 37.8 Å². The number of aromatic nitrogens is 4. The first-order valence-electron chi connectivity index (χ1n) is 8.83. The molecule has 1 aliphatic heterocycles. The number of fused-ring (bicyclic) bond motifs is 1. The molecule has 7 nitrogen and oxygen atoms in total. The molecule has 134 valence electrons. The highest BCUT2D eigenvalue weighted by molar-refractivity contribution is 5.94. The molecule has 1 fully saturated rings. The third-order valence-electron chi connectivity index (χ3n) is 4.95.